The van der Waals surface area contributed by atoms with Crippen molar-refractivity contribution in [1.29, 1.82) is 0 Å². The van der Waals surface area contributed by atoms with Crippen LogP contribution < -0.4 is 0 Å². The summed E-state index contributed by atoms with van der Waals surface area (Å²) in [5.41, 5.74) is 3.13. The summed E-state index contributed by atoms with van der Waals surface area (Å²) in [6.45, 7) is 6.58. The number of pyridine rings is 1. The van der Waals surface area contributed by atoms with Gasteiger partial charge in [-0.15, -0.1) is 0 Å². The first-order valence-corrected chi connectivity index (χ1v) is 8.10. The average Bonchev–Trinajstić information content (AvgIpc) is 2.94. The van der Waals surface area contributed by atoms with E-state index < -0.39 is 0 Å². The molecule has 3 rings (SSSR count). The van der Waals surface area contributed by atoms with Gasteiger partial charge in [-0.3, -0.25) is 4.98 Å². The van der Waals surface area contributed by atoms with Gasteiger partial charge in [-0.05, 0) is 40.9 Å². The van der Waals surface area contributed by atoms with Gasteiger partial charge in [0.15, 0.2) is 0 Å². The molecule has 0 aliphatic heterocycles. The van der Waals surface area contributed by atoms with Gasteiger partial charge >= 0.3 is 0 Å². The van der Waals surface area contributed by atoms with Crippen molar-refractivity contribution in [2.45, 2.75) is 26.2 Å². The molecule has 24 heavy (non-hydrogen) atoms. The van der Waals surface area contributed by atoms with Crippen molar-refractivity contribution in [3.63, 3.8) is 0 Å². The molecule has 0 amide bonds. The van der Waals surface area contributed by atoms with E-state index in [-0.39, 0.29) is 5.41 Å². The largest absolute Gasteiger partial charge is 0.253 e. The van der Waals surface area contributed by atoms with Crippen LogP contribution in [0.2, 0.25) is 0 Å². The lowest BCUT2D eigenvalue weighted by molar-refractivity contribution is 0.590. The topological polar surface area (TPSA) is 58.9 Å². The molecule has 0 aliphatic carbocycles. The van der Waals surface area contributed by atoms with Crippen LogP contribution in [0.4, 0.5) is 0 Å². The molecule has 0 aliphatic rings. The van der Waals surface area contributed by atoms with Gasteiger partial charge in [0.1, 0.15) is 5.69 Å². The van der Waals surface area contributed by atoms with Gasteiger partial charge in [0, 0.05) is 6.20 Å². The average molecular weight is 337 g/mol. The van der Waals surface area contributed by atoms with Gasteiger partial charge in [-0.1, -0.05) is 51.1 Å². The number of nitrogens with zero attached hydrogens (tertiary/aromatic N) is 4. The second kappa shape index (κ2) is 6.49. The highest BCUT2D eigenvalue weighted by Crippen LogP contribution is 2.22. The minimum Gasteiger partial charge on any atom is -0.253 e. The fraction of sp³-hybridized carbons (Fsp3) is 0.222. The monoisotopic (exact) mass is 337 g/mol. The molecule has 0 unspecified atom stereocenters. The number of hydrogen-bond acceptors (Lipinski definition) is 4. The molecule has 0 atom stereocenters. The second-order valence-electron chi connectivity index (χ2n) is 6.50. The van der Waals surface area contributed by atoms with Gasteiger partial charge in [0.25, 0.3) is 0 Å². The van der Waals surface area contributed by atoms with Crippen molar-refractivity contribution in [2.24, 2.45) is 5.10 Å². The number of benzene rings is 1. The fourth-order valence-corrected chi connectivity index (χ4v) is 2.43. The Morgan fingerprint density at radius 2 is 1.88 bits per heavy atom. The fourth-order valence-electron chi connectivity index (χ4n) is 2.25. The van der Waals surface area contributed by atoms with Crippen LogP contribution >= 0.6 is 12.2 Å². The van der Waals surface area contributed by atoms with E-state index in [9.17, 15) is 0 Å². The molecule has 0 saturated heterocycles. The zero-order valence-electron chi connectivity index (χ0n) is 13.9. The zero-order chi connectivity index (χ0) is 17.2. The summed E-state index contributed by atoms with van der Waals surface area (Å²) in [5, 5.41) is 11.4. The van der Waals surface area contributed by atoms with Crippen LogP contribution in [0.3, 0.4) is 0 Å². The van der Waals surface area contributed by atoms with E-state index in [1.807, 2.05) is 30.3 Å². The van der Waals surface area contributed by atoms with E-state index >= 15 is 0 Å². The Balaban J connectivity index is 1.91. The molecule has 0 fully saturated rings. The predicted molar refractivity (Wildman–Crippen MR) is 98.8 cm³/mol. The van der Waals surface area contributed by atoms with Crippen LogP contribution in [-0.2, 0) is 5.41 Å². The Hall–Kier alpha value is -2.60. The van der Waals surface area contributed by atoms with E-state index in [4.69, 9.17) is 12.2 Å². The summed E-state index contributed by atoms with van der Waals surface area (Å²) in [6.07, 6.45) is 3.48. The third kappa shape index (κ3) is 3.49. The minimum atomic E-state index is 0.134. The SMILES string of the molecule is CC(C)(C)c1ccc(/C=N/n2c(-c3ccccn3)n[nH]c2=S)cc1. The highest BCUT2D eigenvalue weighted by atomic mass is 32.1. The highest BCUT2D eigenvalue weighted by molar-refractivity contribution is 7.71. The third-order valence-electron chi connectivity index (χ3n) is 3.64. The Bertz CT molecular complexity index is 899. The van der Waals surface area contributed by atoms with Crippen LogP contribution in [-0.4, -0.2) is 26.1 Å². The number of nitrogens with one attached hydrogen (secondary N) is 1. The van der Waals surface area contributed by atoms with Crippen LogP contribution in [0.1, 0.15) is 31.9 Å². The maximum absolute atomic E-state index is 5.26. The van der Waals surface area contributed by atoms with Crippen LogP contribution in [0.25, 0.3) is 11.5 Å². The number of aromatic amines is 1. The number of aromatic nitrogens is 4. The Morgan fingerprint density at radius 3 is 2.50 bits per heavy atom. The van der Waals surface area contributed by atoms with Crippen molar-refractivity contribution in [1.82, 2.24) is 19.9 Å². The van der Waals surface area contributed by atoms with Crippen molar-refractivity contribution in [3.05, 3.63) is 64.6 Å². The van der Waals surface area contributed by atoms with Gasteiger partial charge in [-0.2, -0.15) is 14.9 Å². The number of hydrogen-bond donors (Lipinski definition) is 1. The van der Waals surface area contributed by atoms with Crippen molar-refractivity contribution >= 4 is 18.4 Å². The normalized spacial score (nSPS) is 12.0. The van der Waals surface area contributed by atoms with Crippen LogP contribution in [0.15, 0.2) is 53.8 Å². The molecule has 6 heteroatoms. The molecule has 5 nitrogen and oxygen atoms in total. The molecule has 2 heterocycles. The summed E-state index contributed by atoms with van der Waals surface area (Å²) in [4.78, 5) is 4.29. The molecule has 0 spiro atoms. The Labute approximate surface area is 146 Å². The molecule has 122 valence electrons. The molecule has 0 saturated carbocycles. The first-order chi connectivity index (χ1) is 11.4. The predicted octanol–water partition coefficient (Wildman–Crippen LogP) is 4.18. The lowest BCUT2D eigenvalue weighted by Crippen LogP contribution is -2.10. The van der Waals surface area contributed by atoms with E-state index in [1.54, 1.807) is 17.1 Å². The molecule has 2 aromatic heterocycles. The molecule has 0 radical (unpaired) electrons. The molecule has 0 bridgehead atoms. The third-order valence-corrected chi connectivity index (χ3v) is 3.91. The standard InChI is InChI=1S/C18H19N5S/c1-18(2,3)14-9-7-13(8-10-14)12-20-23-16(21-22-17(23)24)15-6-4-5-11-19-15/h4-12H,1-3H3,(H,22,24)/b20-12+. The van der Waals surface area contributed by atoms with E-state index in [0.29, 0.717) is 16.3 Å². The van der Waals surface area contributed by atoms with Gasteiger partial charge in [-0.25, -0.2) is 5.10 Å². The second-order valence-corrected chi connectivity index (χ2v) is 6.88. The Morgan fingerprint density at radius 1 is 1.12 bits per heavy atom. The lowest BCUT2D eigenvalue weighted by Gasteiger charge is -2.18. The Kier molecular flexibility index (Phi) is 4.40. The number of rotatable bonds is 3. The van der Waals surface area contributed by atoms with E-state index in [2.05, 4.69) is 53.2 Å². The lowest BCUT2D eigenvalue weighted by atomic mass is 9.87. The quantitative estimate of drug-likeness (QED) is 0.576. The van der Waals surface area contributed by atoms with Crippen molar-refractivity contribution in [3.8, 4) is 11.5 Å². The number of H-pyrrole nitrogens is 1. The first-order valence-electron chi connectivity index (χ1n) is 7.69. The van der Waals surface area contributed by atoms with Gasteiger partial charge in [0.2, 0.25) is 10.6 Å². The summed E-state index contributed by atoms with van der Waals surface area (Å²) in [5.74, 6) is 0.586. The maximum Gasteiger partial charge on any atom is 0.216 e. The van der Waals surface area contributed by atoms with Gasteiger partial charge < -0.3 is 0 Å². The molecular formula is C18H19N5S. The maximum atomic E-state index is 5.26. The summed E-state index contributed by atoms with van der Waals surface area (Å²) < 4.78 is 2.01. The summed E-state index contributed by atoms with van der Waals surface area (Å²) in [7, 11) is 0. The highest BCUT2D eigenvalue weighted by Gasteiger charge is 2.12. The minimum absolute atomic E-state index is 0.134. The first kappa shape index (κ1) is 16.3. The van der Waals surface area contributed by atoms with Crippen molar-refractivity contribution in [2.75, 3.05) is 0 Å². The van der Waals surface area contributed by atoms with Crippen molar-refractivity contribution < 1.29 is 0 Å². The van der Waals surface area contributed by atoms with Gasteiger partial charge in [0.05, 0.1) is 6.21 Å². The zero-order valence-corrected chi connectivity index (χ0v) is 14.7. The molecule has 1 N–H and O–H groups in total. The summed E-state index contributed by atoms with van der Waals surface area (Å²) >= 11 is 5.26. The molecule has 1 aromatic carbocycles. The van der Waals surface area contributed by atoms with E-state index in [1.165, 1.54) is 5.56 Å². The molecule has 3 aromatic rings. The molecular weight excluding hydrogens is 318 g/mol. The van der Waals surface area contributed by atoms with Crippen LogP contribution in [0, 0.1) is 4.77 Å². The smallest absolute Gasteiger partial charge is 0.216 e. The van der Waals surface area contributed by atoms with Crippen LogP contribution in [0.5, 0.6) is 0 Å². The summed E-state index contributed by atoms with van der Waals surface area (Å²) in [6, 6.07) is 14.0. The van der Waals surface area contributed by atoms with E-state index in [0.717, 1.165) is 5.56 Å².